The van der Waals surface area contributed by atoms with Crippen LogP contribution in [-0.4, -0.2) is 62.6 Å². The number of amides is 1. The van der Waals surface area contributed by atoms with Gasteiger partial charge in [-0.05, 0) is 6.92 Å². The normalized spacial score (nSPS) is 14.4. The maximum absolute atomic E-state index is 12.6. The molecule has 1 aliphatic heterocycles. The van der Waals surface area contributed by atoms with Crippen molar-refractivity contribution in [3.05, 3.63) is 53.7 Å². The third-order valence-corrected chi connectivity index (χ3v) is 6.85. The van der Waals surface area contributed by atoms with Gasteiger partial charge in [-0.15, -0.1) is 28.1 Å². The number of aromatic nitrogens is 4. The van der Waals surface area contributed by atoms with E-state index >= 15 is 0 Å². The van der Waals surface area contributed by atoms with Crippen LogP contribution in [0.4, 0.5) is 5.13 Å². The number of hydrogen-bond donors (Lipinski definition) is 1. The molecule has 0 atom stereocenters. The van der Waals surface area contributed by atoms with Gasteiger partial charge in [0, 0.05) is 30.1 Å². The van der Waals surface area contributed by atoms with Crippen molar-refractivity contribution in [3.63, 3.8) is 0 Å². The number of nitrogens with zero attached hydrogens (tertiary/aromatic N) is 5. The van der Waals surface area contributed by atoms with E-state index in [0.717, 1.165) is 48.3 Å². The zero-order valence-corrected chi connectivity index (χ0v) is 19.6. The molecular weight excluding hydrogens is 444 g/mol. The zero-order chi connectivity index (χ0) is 22.3. The second-order valence-electron chi connectivity index (χ2n) is 7.31. The predicted octanol–water partition coefficient (Wildman–Crippen LogP) is 3.46. The van der Waals surface area contributed by atoms with Crippen LogP contribution in [-0.2, 0) is 22.6 Å². The Kier molecular flexibility index (Phi) is 7.69. The molecule has 1 fully saturated rings. The average Bonchev–Trinajstić information content (AvgIpc) is 3.36. The Balaban J connectivity index is 1.37. The number of rotatable bonds is 9. The van der Waals surface area contributed by atoms with Crippen LogP contribution >= 0.6 is 23.1 Å². The minimum atomic E-state index is -0.119. The summed E-state index contributed by atoms with van der Waals surface area (Å²) in [6.07, 6.45) is 1.82. The van der Waals surface area contributed by atoms with Gasteiger partial charge in [-0.25, -0.2) is 4.98 Å². The molecule has 10 heteroatoms. The summed E-state index contributed by atoms with van der Waals surface area (Å²) in [6, 6.07) is 9.98. The summed E-state index contributed by atoms with van der Waals surface area (Å²) < 4.78 is 7.43. The smallest absolute Gasteiger partial charge is 0.236 e. The fourth-order valence-electron chi connectivity index (χ4n) is 3.41. The highest BCUT2D eigenvalue weighted by molar-refractivity contribution is 7.99. The van der Waals surface area contributed by atoms with Crippen molar-refractivity contribution in [2.24, 2.45) is 0 Å². The number of morpholine rings is 1. The first-order valence-corrected chi connectivity index (χ1v) is 12.2. The Morgan fingerprint density at radius 3 is 2.81 bits per heavy atom. The molecule has 1 aromatic carbocycles. The van der Waals surface area contributed by atoms with Crippen molar-refractivity contribution in [3.8, 4) is 11.3 Å². The second kappa shape index (κ2) is 10.9. The third-order valence-electron chi connectivity index (χ3n) is 5.00. The number of carbonyl (C=O) groups is 1. The van der Waals surface area contributed by atoms with Crippen LogP contribution in [0.5, 0.6) is 0 Å². The first-order chi connectivity index (χ1) is 15.6. The number of hydrogen-bond acceptors (Lipinski definition) is 8. The molecule has 1 aliphatic rings. The van der Waals surface area contributed by atoms with Gasteiger partial charge in [0.05, 0.1) is 31.2 Å². The van der Waals surface area contributed by atoms with E-state index < -0.39 is 0 Å². The Bertz CT molecular complexity index is 1060. The Hall–Kier alpha value is -2.53. The van der Waals surface area contributed by atoms with Crippen LogP contribution in [0, 0.1) is 6.92 Å². The first-order valence-electron chi connectivity index (χ1n) is 10.4. The van der Waals surface area contributed by atoms with Gasteiger partial charge in [-0.2, -0.15) is 0 Å². The minimum Gasteiger partial charge on any atom is -0.379 e. The van der Waals surface area contributed by atoms with Crippen LogP contribution < -0.4 is 5.32 Å². The summed E-state index contributed by atoms with van der Waals surface area (Å²) in [7, 11) is 0. The van der Waals surface area contributed by atoms with Crippen LogP contribution in [0.15, 0.2) is 48.1 Å². The average molecular weight is 471 g/mol. The molecule has 168 valence electrons. The molecule has 3 heterocycles. The van der Waals surface area contributed by atoms with Crippen molar-refractivity contribution in [1.82, 2.24) is 24.6 Å². The molecule has 1 amide bonds. The Morgan fingerprint density at radius 1 is 1.28 bits per heavy atom. The highest BCUT2D eigenvalue weighted by Gasteiger charge is 2.18. The van der Waals surface area contributed by atoms with Crippen molar-refractivity contribution in [2.75, 3.05) is 37.4 Å². The van der Waals surface area contributed by atoms with Gasteiger partial charge < -0.3 is 14.6 Å². The predicted molar refractivity (Wildman–Crippen MR) is 128 cm³/mol. The molecule has 0 saturated carbocycles. The van der Waals surface area contributed by atoms with Crippen molar-refractivity contribution in [2.45, 2.75) is 25.2 Å². The van der Waals surface area contributed by atoms with E-state index in [1.165, 1.54) is 23.1 Å². The standard InChI is InChI=1S/C22H26N6O2S2/c1-3-9-28-18(14-27-10-12-30-13-11-27)25-26-22(28)31-15-19(29)23-21-24-20(16(2)32-21)17-7-5-4-6-8-17/h3-8H,1,9-15H2,2H3,(H,23,24,29). The van der Waals surface area contributed by atoms with E-state index in [1.54, 1.807) is 0 Å². The summed E-state index contributed by atoms with van der Waals surface area (Å²) >= 11 is 2.85. The van der Waals surface area contributed by atoms with Gasteiger partial charge >= 0.3 is 0 Å². The van der Waals surface area contributed by atoms with Crippen LogP contribution in [0.2, 0.25) is 0 Å². The Morgan fingerprint density at radius 2 is 2.06 bits per heavy atom. The number of allylic oxidation sites excluding steroid dienone is 1. The lowest BCUT2D eigenvalue weighted by molar-refractivity contribution is -0.113. The van der Waals surface area contributed by atoms with Crippen molar-refractivity contribution < 1.29 is 9.53 Å². The molecule has 2 aromatic heterocycles. The SMILES string of the molecule is C=CCn1c(CN2CCOCC2)nnc1SCC(=O)Nc1nc(-c2ccccc2)c(C)s1. The van der Waals surface area contributed by atoms with Crippen LogP contribution in [0.25, 0.3) is 11.3 Å². The number of thioether (sulfide) groups is 1. The van der Waals surface area contributed by atoms with Crippen LogP contribution in [0.3, 0.4) is 0 Å². The number of anilines is 1. The highest BCUT2D eigenvalue weighted by atomic mass is 32.2. The Labute approximate surface area is 195 Å². The molecular formula is C22H26N6O2S2. The molecule has 0 radical (unpaired) electrons. The fourth-order valence-corrected chi connectivity index (χ4v) is 5.03. The van der Waals surface area contributed by atoms with E-state index in [1.807, 2.05) is 47.9 Å². The topological polar surface area (TPSA) is 85.2 Å². The molecule has 32 heavy (non-hydrogen) atoms. The van der Waals surface area contributed by atoms with E-state index in [-0.39, 0.29) is 11.7 Å². The van der Waals surface area contributed by atoms with Gasteiger partial charge in [-0.1, -0.05) is 48.2 Å². The first kappa shape index (κ1) is 22.7. The number of carbonyl (C=O) groups excluding carboxylic acids is 1. The molecule has 0 spiro atoms. The van der Waals surface area contributed by atoms with E-state index in [0.29, 0.717) is 23.4 Å². The maximum Gasteiger partial charge on any atom is 0.236 e. The molecule has 0 aliphatic carbocycles. The van der Waals surface area contributed by atoms with Gasteiger partial charge in [0.1, 0.15) is 5.82 Å². The molecule has 3 aromatic rings. The van der Waals surface area contributed by atoms with E-state index in [9.17, 15) is 4.79 Å². The number of nitrogens with one attached hydrogen (secondary N) is 1. The molecule has 4 rings (SSSR count). The summed E-state index contributed by atoms with van der Waals surface area (Å²) in [6.45, 7) is 10.4. The molecule has 8 nitrogen and oxygen atoms in total. The van der Waals surface area contributed by atoms with Crippen molar-refractivity contribution >= 4 is 34.1 Å². The third kappa shape index (κ3) is 5.63. The highest BCUT2D eigenvalue weighted by Crippen LogP contribution is 2.30. The lowest BCUT2D eigenvalue weighted by Crippen LogP contribution is -2.36. The zero-order valence-electron chi connectivity index (χ0n) is 18.0. The number of thiazole rings is 1. The van der Waals surface area contributed by atoms with Gasteiger partial charge in [0.15, 0.2) is 10.3 Å². The minimum absolute atomic E-state index is 0.119. The molecule has 1 saturated heterocycles. The number of aryl methyl sites for hydroxylation is 1. The lowest BCUT2D eigenvalue weighted by atomic mass is 10.1. The molecule has 0 unspecified atom stereocenters. The van der Waals surface area contributed by atoms with Crippen LogP contribution in [0.1, 0.15) is 10.7 Å². The van der Waals surface area contributed by atoms with E-state index in [4.69, 9.17) is 4.74 Å². The quantitative estimate of drug-likeness (QED) is 0.379. The summed E-state index contributed by atoms with van der Waals surface area (Å²) in [5, 5.41) is 12.9. The summed E-state index contributed by atoms with van der Waals surface area (Å²) in [5.74, 6) is 0.982. The maximum atomic E-state index is 12.6. The van der Waals surface area contributed by atoms with Gasteiger partial charge in [0.2, 0.25) is 5.91 Å². The van der Waals surface area contributed by atoms with Gasteiger partial charge in [0.25, 0.3) is 0 Å². The monoisotopic (exact) mass is 470 g/mol. The fraction of sp³-hybridized carbons (Fsp3) is 0.364. The lowest BCUT2D eigenvalue weighted by Gasteiger charge is -2.26. The van der Waals surface area contributed by atoms with E-state index in [2.05, 4.69) is 32.0 Å². The number of benzene rings is 1. The summed E-state index contributed by atoms with van der Waals surface area (Å²) in [4.78, 5) is 20.5. The second-order valence-corrected chi connectivity index (χ2v) is 9.46. The number of ether oxygens (including phenoxy) is 1. The summed E-state index contributed by atoms with van der Waals surface area (Å²) in [5.41, 5.74) is 1.94. The largest absolute Gasteiger partial charge is 0.379 e. The van der Waals surface area contributed by atoms with Crippen molar-refractivity contribution in [1.29, 1.82) is 0 Å². The molecule has 0 bridgehead atoms. The van der Waals surface area contributed by atoms with Gasteiger partial charge in [-0.3, -0.25) is 9.69 Å². The molecule has 1 N–H and O–H groups in total.